The van der Waals surface area contributed by atoms with Crippen LogP contribution in [0.3, 0.4) is 0 Å². The molecule has 0 unspecified atom stereocenters. The smallest absolute Gasteiger partial charge is 0.242 e. The van der Waals surface area contributed by atoms with Crippen LogP contribution in [0.1, 0.15) is 0 Å². The van der Waals surface area contributed by atoms with E-state index in [0.717, 1.165) is 10.2 Å². The van der Waals surface area contributed by atoms with Crippen molar-refractivity contribution in [2.75, 3.05) is 24.5 Å². The molecule has 1 aromatic rings. The minimum atomic E-state index is 0.0479. The summed E-state index contributed by atoms with van der Waals surface area (Å²) in [6, 6.07) is 3.66. The van der Waals surface area contributed by atoms with Crippen LogP contribution in [-0.4, -0.2) is 35.7 Å². The van der Waals surface area contributed by atoms with Crippen LogP contribution in [-0.2, 0) is 4.79 Å². The first-order chi connectivity index (χ1) is 6.77. The number of nitrogens with zero attached hydrogens (tertiary/aromatic N) is 3. The molecule has 5 nitrogen and oxygen atoms in total. The number of hydrogen-bond donors (Lipinski definition) is 1. The van der Waals surface area contributed by atoms with Crippen LogP contribution in [0.2, 0.25) is 0 Å². The lowest BCUT2D eigenvalue weighted by molar-refractivity contribution is -0.118. The molecule has 1 aliphatic heterocycles. The van der Waals surface area contributed by atoms with E-state index >= 15 is 0 Å². The lowest BCUT2D eigenvalue weighted by Gasteiger charge is -2.25. The zero-order valence-electron chi connectivity index (χ0n) is 7.40. The van der Waals surface area contributed by atoms with Gasteiger partial charge in [0.25, 0.3) is 0 Å². The van der Waals surface area contributed by atoms with E-state index in [1.165, 1.54) is 0 Å². The maximum Gasteiger partial charge on any atom is 0.242 e. The maximum absolute atomic E-state index is 11.5. The van der Waals surface area contributed by atoms with Crippen molar-refractivity contribution >= 4 is 34.3 Å². The van der Waals surface area contributed by atoms with Crippen LogP contribution < -0.4 is 10.2 Å². The van der Waals surface area contributed by atoms with Gasteiger partial charge in [-0.15, -0.1) is 10.2 Å². The molecule has 1 aliphatic rings. The summed E-state index contributed by atoms with van der Waals surface area (Å²) in [5.74, 6) is 0.684. The molecule has 1 aromatic heterocycles. The fourth-order valence-electron chi connectivity index (χ4n) is 1.30. The summed E-state index contributed by atoms with van der Waals surface area (Å²) in [7, 11) is 0. The van der Waals surface area contributed by atoms with Crippen LogP contribution in [0, 0.1) is 3.70 Å². The third kappa shape index (κ3) is 2.01. The third-order valence-electron chi connectivity index (χ3n) is 1.98. The van der Waals surface area contributed by atoms with Gasteiger partial charge < -0.3 is 5.32 Å². The van der Waals surface area contributed by atoms with E-state index in [-0.39, 0.29) is 5.91 Å². The number of halogens is 1. The molecule has 2 rings (SSSR count). The quantitative estimate of drug-likeness (QED) is 0.743. The van der Waals surface area contributed by atoms with Crippen LogP contribution >= 0.6 is 22.6 Å². The van der Waals surface area contributed by atoms with Gasteiger partial charge >= 0.3 is 0 Å². The van der Waals surface area contributed by atoms with Crippen molar-refractivity contribution in [1.29, 1.82) is 0 Å². The van der Waals surface area contributed by atoms with Gasteiger partial charge in [0.1, 0.15) is 3.70 Å². The zero-order chi connectivity index (χ0) is 9.97. The number of nitrogens with one attached hydrogen (secondary N) is 1. The van der Waals surface area contributed by atoms with Crippen molar-refractivity contribution in [1.82, 2.24) is 15.5 Å². The van der Waals surface area contributed by atoms with Gasteiger partial charge in [0.05, 0.1) is 6.54 Å². The van der Waals surface area contributed by atoms with Crippen molar-refractivity contribution < 1.29 is 4.79 Å². The molecule has 14 heavy (non-hydrogen) atoms. The summed E-state index contributed by atoms with van der Waals surface area (Å²) < 4.78 is 0.828. The Bertz CT molecular complexity index is 340. The number of rotatable bonds is 1. The van der Waals surface area contributed by atoms with E-state index in [4.69, 9.17) is 0 Å². The van der Waals surface area contributed by atoms with Gasteiger partial charge in [-0.1, -0.05) is 0 Å². The van der Waals surface area contributed by atoms with Crippen molar-refractivity contribution in [2.24, 2.45) is 0 Å². The van der Waals surface area contributed by atoms with Gasteiger partial charge in [-0.05, 0) is 34.7 Å². The monoisotopic (exact) mass is 304 g/mol. The van der Waals surface area contributed by atoms with Crippen LogP contribution in [0.5, 0.6) is 0 Å². The largest absolute Gasteiger partial charge is 0.307 e. The van der Waals surface area contributed by atoms with E-state index in [1.54, 1.807) is 4.90 Å². The molecule has 74 valence electrons. The molecule has 0 atom stereocenters. The summed E-state index contributed by atoms with van der Waals surface area (Å²) in [6.45, 7) is 1.85. The predicted molar refractivity (Wildman–Crippen MR) is 60.0 cm³/mol. The zero-order valence-corrected chi connectivity index (χ0v) is 9.56. The Kier molecular flexibility index (Phi) is 2.92. The van der Waals surface area contributed by atoms with Gasteiger partial charge in [-0.3, -0.25) is 9.69 Å². The molecule has 0 aliphatic carbocycles. The summed E-state index contributed by atoms with van der Waals surface area (Å²) in [5, 5.41) is 10.9. The molecular formula is C8H9IN4O. The first-order valence-electron chi connectivity index (χ1n) is 4.28. The summed E-state index contributed by atoms with van der Waals surface area (Å²) in [4.78, 5) is 13.1. The molecule has 1 fully saturated rings. The summed E-state index contributed by atoms with van der Waals surface area (Å²) in [5.41, 5.74) is 0. The molecule has 1 saturated heterocycles. The van der Waals surface area contributed by atoms with Gasteiger partial charge in [-0.2, -0.15) is 0 Å². The number of carbonyl (C=O) groups excluding carboxylic acids is 1. The maximum atomic E-state index is 11.5. The molecule has 0 radical (unpaired) electrons. The Labute approximate surface area is 95.0 Å². The normalized spacial score (nSPS) is 17.2. The van der Waals surface area contributed by atoms with Crippen molar-refractivity contribution in [3.8, 4) is 0 Å². The van der Waals surface area contributed by atoms with Gasteiger partial charge in [0.15, 0.2) is 5.82 Å². The molecule has 0 aromatic carbocycles. The Balaban J connectivity index is 2.20. The second kappa shape index (κ2) is 4.18. The number of hydrogen-bond acceptors (Lipinski definition) is 4. The highest BCUT2D eigenvalue weighted by molar-refractivity contribution is 14.1. The predicted octanol–water partition coefficient (Wildman–Crippen LogP) is 0.0174. The Morgan fingerprint density at radius 1 is 1.43 bits per heavy atom. The average molecular weight is 304 g/mol. The Morgan fingerprint density at radius 3 is 2.93 bits per heavy atom. The number of aromatic nitrogens is 2. The van der Waals surface area contributed by atoms with Crippen molar-refractivity contribution in [3.63, 3.8) is 0 Å². The Morgan fingerprint density at radius 2 is 2.29 bits per heavy atom. The summed E-state index contributed by atoms with van der Waals surface area (Å²) in [6.07, 6.45) is 0. The highest BCUT2D eigenvalue weighted by Gasteiger charge is 2.20. The van der Waals surface area contributed by atoms with Gasteiger partial charge in [-0.25, -0.2) is 0 Å². The summed E-state index contributed by atoms with van der Waals surface area (Å²) >= 11 is 2.08. The molecule has 0 bridgehead atoms. The highest BCUT2D eigenvalue weighted by atomic mass is 127. The van der Waals surface area contributed by atoms with E-state index < -0.39 is 0 Å². The minimum absolute atomic E-state index is 0.0479. The third-order valence-corrected chi connectivity index (χ3v) is 2.56. The van der Waals surface area contributed by atoms with Crippen LogP contribution in [0.15, 0.2) is 12.1 Å². The number of amides is 1. The van der Waals surface area contributed by atoms with E-state index in [0.29, 0.717) is 18.9 Å². The number of anilines is 1. The molecule has 1 N–H and O–H groups in total. The van der Waals surface area contributed by atoms with Crippen molar-refractivity contribution in [2.45, 2.75) is 0 Å². The fraction of sp³-hybridized carbons (Fsp3) is 0.375. The van der Waals surface area contributed by atoms with Crippen molar-refractivity contribution in [3.05, 3.63) is 15.8 Å². The molecular weight excluding hydrogens is 295 g/mol. The first kappa shape index (κ1) is 9.78. The van der Waals surface area contributed by atoms with Crippen LogP contribution in [0.4, 0.5) is 5.82 Å². The Hall–Kier alpha value is -0.760. The second-order valence-corrected chi connectivity index (χ2v) is 4.04. The first-order valence-corrected chi connectivity index (χ1v) is 5.35. The standard InChI is InChI=1S/C8H9IN4O/c9-6-1-2-7(12-11-6)13-4-3-10-5-8(13)14/h1-2,10H,3-5H2. The lowest BCUT2D eigenvalue weighted by atomic mass is 10.3. The number of carbonyl (C=O) groups is 1. The molecule has 2 heterocycles. The fourth-order valence-corrected chi connectivity index (χ4v) is 1.59. The lowest BCUT2D eigenvalue weighted by Crippen LogP contribution is -2.48. The molecule has 1 amide bonds. The SMILES string of the molecule is O=C1CNCCN1c1ccc(I)nn1. The van der Waals surface area contributed by atoms with E-state index in [2.05, 4.69) is 38.1 Å². The average Bonchev–Trinajstić information content (AvgIpc) is 2.20. The van der Waals surface area contributed by atoms with E-state index in [9.17, 15) is 4.79 Å². The van der Waals surface area contributed by atoms with Crippen LogP contribution in [0.25, 0.3) is 0 Å². The highest BCUT2D eigenvalue weighted by Crippen LogP contribution is 2.11. The van der Waals surface area contributed by atoms with Gasteiger partial charge in [0, 0.05) is 13.1 Å². The van der Waals surface area contributed by atoms with Gasteiger partial charge in [0.2, 0.25) is 5.91 Å². The minimum Gasteiger partial charge on any atom is -0.307 e. The number of piperazine rings is 1. The molecule has 0 saturated carbocycles. The second-order valence-electron chi connectivity index (χ2n) is 2.94. The van der Waals surface area contributed by atoms with E-state index in [1.807, 2.05) is 12.1 Å². The molecule has 0 spiro atoms. The topological polar surface area (TPSA) is 58.1 Å². The molecule has 6 heteroatoms.